The Hall–Kier alpha value is -0.900. The van der Waals surface area contributed by atoms with Crippen LogP contribution < -0.4 is 15.5 Å². The van der Waals surface area contributed by atoms with Crippen molar-refractivity contribution in [3.63, 3.8) is 0 Å². The zero-order valence-electron chi connectivity index (χ0n) is 21.3. The topological polar surface area (TPSA) is 3.24 Å². The van der Waals surface area contributed by atoms with Crippen LogP contribution in [0, 0.1) is 0 Å². The van der Waals surface area contributed by atoms with Gasteiger partial charge in [-0.3, -0.25) is 0 Å². The van der Waals surface area contributed by atoms with E-state index in [-0.39, 0.29) is 0 Å². The summed E-state index contributed by atoms with van der Waals surface area (Å²) in [5.74, 6) is 0. The Bertz CT molecular complexity index is 753. The van der Waals surface area contributed by atoms with E-state index in [0.717, 1.165) is 0 Å². The molecule has 0 saturated carbocycles. The van der Waals surface area contributed by atoms with Crippen molar-refractivity contribution in [1.29, 1.82) is 0 Å². The second-order valence-corrected chi connectivity index (χ2v) is 19.9. The van der Waals surface area contributed by atoms with E-state index >= 15 is 0 Å². The van der Waals surface area contributed by atoms with Crippen molar-refractivity contribution in [1.82, 2.24) is 0 Å². The van der Waals surface area contributed by atoms with Crippen LogP contribution in [-0.4, -0.2) is 43.0 Å². The van der Waals surface area contributed by atoms with Crippen LogP contribution in [0.4, 0.5) is 11.4 Å². The van der Waals surface area contributed by atoms with E-state index in [2.05, 4.69) is 129 Å². The summed E-state index contributed by atoms with van der Waals surface area (Å²) in [6, 6.07) is 18.4. The Labute approximate surface area is 188 Å². The zero-order chi connectivity index (χ0) is 22.9. The van der Waals surface area contributed by atoms with Crippen LogP contribution in [0.5, 0.6) is 0 Å². The third-order valence-electron chi connectivity index (χ3n) is 7.82. The minimum absolute atomic E-state index is 0.673. The average Bonchev–Trinajstić information content (AvgIpc) is 2.71. The molecule has 0 atom stereocenters. The highest BCUT2D eigenvalue weighted by atomic mass is 31.2. The highest BCUT2D eigenvalue weighted by Gasteiger charge is 2.46. The van der Waals surface area contributed by atoms with Crippen LogP contribution in [-0.2, 0) is 0 Å². The van der Waals surface area contributed by atoms with Gasteiger partial charge in [-0.2, -0.15) is 0 Å². The van der Waals surface area contributed by atoms with Crippen molar-refractivity contribution in [2.75, 3.05) is 25.3 Å². The maximum Gasteiger partial charge on any atom is 0.118 e. The minimum atomic E-state index is -1.30. The van der Waals surface area contributed by atoms with Gasteiger partial charge in [0.05, 0.1) is 61.9 Å². The monoisotopic (exact) mass is 445 g/mol. The van der Waals surface area contributed by atoms with Crippen molar-refractivity contribution < 1.29 is 0 Å². The van der Waals surface area contributed by atoms with Gasteiger partial charge in [-0.1, -0.05) is 24.3 Å². The molecule has 0 aliphatic carbocycles. The standard InChI is InChI=1S/C27H45NP2/c1-20(2)29(10,21(3)4)26-18-14-12-16-24(26)28(9)25-17-13-15-19-27(25)30(11,22(5)6)23(7)8/h12-23H,1-11H3/q+2. The lowest BCUT2D eigenvalue weighted by Gasteiger charge is -2.37. The first-order chi connectivity index (χ1) is 13.9. The molecule has 3 heteroatoms. The number of rotatable bonds is 8. The predicted molar refractivity (Wildman–Crippen MR) is 146 cm³/mol. The summed E-state index contributed by atoms with van der Waals surface area (Å²) < 4.78 is 0. The first kappa shape index (κ1) is 25.4. The molecule has 166 valence electrons. The van der Waals surface area contributed by atoms with Crippen LogP contribution in [0.2, 0.25) is 0 Å². The third kappa shape index (κ3) is 4.36. The second kappa shape index (κ2) is 9.71. The summed E-state index contributed by atoms with van der Waals surface area (Å²) in [4.78, 5) is 2.50. The molecule has 0 saturated heterocycles. The Kier molecular flexibility index (Phi) is 8.21. The highest BCUT2D eigenvalue weighted by Crippen LogP contribution is 2.65. The Morgan fingerprint density at radius 2 is 0.800 bits per heavy atom. The van der Waals surface area contributed by atoms with Gasteiger partial charge in [-0.15, -0.1) is 0 Å². The summed E-state index contributed by atoms with van der Waals surface area (Å²) in [6.45, 7) is 24.4. The number of benzene rings is 2. The first-order valence-electron chi connectivity index (χ1n) is 11.5. The summed E-state index contributed by atoms with van der Waals surface area (Å²) in [5, 5.41) is 3.14. The van der Waals surface area contributed by atoms with Gasteiger partial charge in [0.2, 0.25) is 0 Å². The molecule has 0 spiro atoms. The van der Waals surface area contributed by atoms with Gasteiger partial charge in [0, 0.05) is 7.05 Å². The molecule has 0 fully saturated rings. The normalized spacial score (nSPS) is 13.0. The fourth-order valence-electron chi connectivity index (χ4n) is 4.75. The molecular formula is C27H45NP2+2. The van der Waals surface area contributed by atoms with E-state index in [9.17, 15) is 0 Å². The van der Waals surface area contributed by atoms with Crippen LogP contribution in [0.15, 0.2) is 48.5 Å². The lowest BCUT2D eigenvalue weighted by atomic mass is 10.2. The van der Waals surface area contributed by atoms with Crippen molar-refractivity contribution >= 4 is 36.5 Å². The Morgan fingerprint density at radius 3 is 1.07 bits per heavy atom. The van der Waals surface area contributed by atoms with E-state index in [1.54, 1.807) is 10.6 Å². The smallest absolute Gasteiger partial charge is 0.118 e. The molecule has 0 aliphatic rings. The van der Waals surface area contributed by atoms with Gasteiger partial charge in [-0.25, -0.2) is 0 Å². The lowest BCUT2D eigenvalue weighted by Crippen LogP contribution is -2.33. The molecule has 0 heterocycles. The van der Waals surface area contributed by atoms with Crippen molar-refractivity contribution in [2.45, 2.75) is 78.0 Å². The highest BCUT2D eigenvalue weighted by molar-refractivity contribution is 7.84. The number of anilines is 2. The van der Waals surface area contributed by atoms with Crippen LogP contribution >= 0.6 is 14.5 Å². The van der Waals surface area contributed by atoms with E-state index < -0.39 is 14.5 Å². The average molecular weight is 446 g/mol. The Balaban J connectivity index is 2.73. The van der Waals surface area contributed by atoms with Gasteiger partial charge < -0.3 is 4.90 Å². The molecule has 0 aromatic heterocycles. The number of hydrogen-bond acceptors (Lipinski definition) is 1. The quantitative estimate of drug-likeness (QED) is 0.378. The van der Waals surface area contributed by atoms with E-state index in [1.165, 1.54) is 11.4 Å². The fourth-order valence-corrected chi connectivity index (χ4v) is 11.6. The zero-order valence-corrected chi connectivity index (χ0v) is 23.1. The van der Waals surface area contributed by atoms with E-state index in [0.29, 0.717) is 22.6 Å². The van der Waals surface area contributed by atoms with Gasteiger partial charge in [0.25, 0.3) is 0 Å². The summed E-state index contributed by atoms with van der Waals surface area (Å²) >= 11 is 0. The predicted octanol–water partition coefficient (Wildman–Crippen LogP) is 7.63. The fraction of sp³-hybridized carbons (Fsp3) is 0.556. The molecule has 0 amide bonds. The number of para-hydroxylation sites is 2. The summed E-state index contributed by atoms with van der Waals surface area (Å²) in [6.07, 6.45) is 0. The molecule has 2 aromatic carbocycles. The van der Waals surface area contributed by atoms with Gasteiger partial charge in [0.15, 0.2) is 0 Å². The van der Waals surface area contributed by atoms with Crippen LogP contribution in [0.25, 0.3) is 0 Å². The van der Waals surface area contributed by atoms with Crippen LogP contribution in [0.1, 0.15) is 55.4 Å². The number of nitrogens with zero attached hydrogens (tertiary/aromatic N) is 1. The maximum absolute atomic E-state index is 2.56. The van der Waals surface area contributed by atoms with Gasteiger partial charge in [0.1, 0.15) is 10.6 Å². The summed E-state index contributed by atoms with van der Waals surface area (Å²) in [7, 11) is -0.323. The number of hydrogen-bond donors (Lipinski definition) is 0. The molecule has 2 rings (SSSR count). The molecule has 0 N–H and O–H groups in total. The van der Waals surface area contributed by atoms with Crippen molar-refractivity contribution in [3.05, 3.63) is 48.5 Å². The molecule has 0 bridgehead atoms. The van der Waals surface area contributed by atoms with E-state index in [4.69, 9.17) is 0 Å². The molecule has 30 heavy (non-hydrogen) atoms. The van der Waals surface area contributed by atoms with Crippen molar-refractivity contribution in [3.8, 4) is 0 Å². The lowest BCUT2D eigenvalue weighted by molar-refractivity contribution is 0.996. The maximum atomic E-state index is 2.56. The van der Waals surface area contributed by atoms with Gasteiger partial charge in [-0.05, 0) is 79.7 Å². The Morgan fingerprint density at radius 1 is 0.533 bits per heavy atom. The molecule has 2 aromatic rings. The second-order valence-electron chi connectivity index (χ2n) is 10.2. The van der Waals surface area contributed by atoms with E-state index in [1.807, 2.05) is 0 Å². The molecule has 0 radical (unpaired) electrons. The third-order valence-corrected chi connectivity index (χ3v) is 19.2. The first-order valence-corrected chi connectivity index (χ1v) is 16.3. The molecule has 0 aliphatic heterocycles. The molecule has 1 nitrogen and oxygen atoms in total. The summed E-state index contributed by atoms with van der Waals surface area (Å²) in [5.41, 5.74) is 5.47. The van der Waals surface area contributed by atoms with Crippen molar-refractivity contribution in [2.24, 2.45) is 0 Å². The SMILES string of the molecule is CC(C)[P+](C)(c1ccccc1N(C)c1ccccc1[P+](C)(C(C)C)C(C)C)C(C)C. The van der Waals surface area contributed by atoms with Crippen LogP contribution in [0.3, 0.4) is 0 Å². The minimum Gasteiger partial charge on any atom is -0.338 e. The van der Waals surface area contributed by atoms with Gasteiger partial charge >= 0.3 is 0 Å². The molecular weight excluding hydrogens is 400 g/mol. The largest absolute Gasteiger partial charge is 0.338 e. The molecule has 0 unspecified atom stereocenters.